The minimum absolute atomic E-state index is 0.976. The van der Waals surface area contributed by atoms with Crippen molar-refractivity contribution in [2.45, 2.75) is 45.4 Å². The van der Waals surface area contributed by atoms with Gasteiger partial charge in [0.05, 0.1) is 0 Å². The molecule has 0 radical (unpaired) electrons. The lowest BCUT2D eigenvalue weighted by Gasteiger charge is -2.37. The Hall–Kier alpha value is -0.0400. The Morgan fingerprint density at radius 3 is 2.46 bits per heavy atom. The molecule has 1 saturated carbocycles. The van der Waals surface area contributed by atoms with E-state index in [1.165, 1.54) is 51.6 Å². The molecule has 0 aromatic rings. The Bertz CT molecular complexity index is 149. The monoisotopic (exact) mass is 181 g/mol. The van der Waals surface area contributed by atoms with Crippen molar-refractivity contribution in [3.05, 3.63) is 0 Å². The van der Waals surface area contributed by atoms with Crippen LogP contribution in [0.5, 0.6) is 0 Å². The van der Waals surface area contributed by atoms with Crippen molar-refractivity contribution < 1.29 is 0 Å². The zero-order chi connectivity index (χ0) is 9.10. The molecule has 13 heavy (non-hydrogen) atoms. The second-order valence-electron chi connectivity index (χ2n) is 5.03. The minimum atomic E-state index is 0.976. The van der Waals surface area contributed by atoms with Gasteiger partial charge in [0.15, 0.2) is 0 Å². The largest absolute Gasteiger partial charge is 0.316 e. The average molecular weight is 181 g/mol. The van der Waals surface area contributed by atoms with Gasteiger partial charge < -0.3 is 5.32 Å². The summed E-state index contributed by atoms with van der Waals surface area (Å²) in [6.07, 6.45) is 8.90. The topological polar surface area (TPSA) is 12.0 Å². The van der Waals surface area contributed by atoms with E-state index in [-0.39, 0.29) is 0 Å². The Labute approximate surface area is 82.3 Å². The molecule has 0 aromatic carbocycles. The summed E-state index contributed by atoms with van der Waals surface area (Å²) in [6, 6.07) is 0. The zero-order valence-electron chi connectivity index (χ0n) is 8.89. The molecule has 1 N–H and O–H groups in total. The molecular formula is C12H23N. The highest BCUT2D eigenvalue weighted by molar-refractivity contribution is 4.82. The molecule has 1 heteroatoms. The highest BCUT2D eigenvalue weighted by Gasteiger charge is 2.29. The highest BCUT2D eigenvalue weighted by Crippen LogP contribution is 2.35. The molecule has 2 fully saturated rings. The lowest BCUT2D eigenvalue weighted by Crippen LogP contribution is -2.39. The fraction of sp³-hybridized carbons (Fsp3) is 1.00. The van der Waals surface area contributed by atoms with E-state index in [9.17, 15) is 0 Å². The van der Waals surface area contributed by atoms with Crippen LogP contribution in [0.15, 0.2) is 0 Å². The standard InChI is InChI=1S/C12H23N/c1-10-7-8-13-9-12(10)11-5-3-2-4-6-11/h10-13H,2-9H2,1H3. The van der Waals surface area contributed by atoms with Gasteiger partial charge in [-0.1, -0.05) is 39.0 Å². The second kappa shape index (κ2) is 4.45. The van der Waals surface area contributed by atoms with Crippen molar-refractivity contribution in [2.24, 2.45) is 17.8 Å². The van der Waals surface area contributed by atoms with Gasteiger partial charge in [0.2, 0.25) is 0 Å². The van der Waals surface area contributed by atoms with Crippen molar-refractivity contribution in [1.29, 1.82) is 0 Å². The number of hydrogen-bond donors (Lipinski definition) is 1. The molecule has 2 aliphatic rings. The molecule has 0 aromatic heterocycles. The van der Waals surface area contributed by atoms with E-state index in [2.05, 4.69) is 12.2 Å². The first-order valence-corrected chi connectivity index (χ1v) is 6.08. The lowest BCUT2D eigenvalue weighted by molar-refractivity contribution is 0.152. The maximum absolute atomic E-state index is 3.56. The predicted molar refractivity (Wildman–Crippen MR) is 56.7 cm³/mol. The van der Waals surface area contributed by atoms with Crippen LogP contribution < -0.4 is 5.32 Å². The molecule has 2 atom stereocenters. The van der Waals surface area contributed by atoms with E-state index in [1.54, 1.807) is 0 Å². The third-order valence-corrected chi connectivity index (χ3v) is 4.14. The molecule has 0 amide bonds. The summed E-state index contributed by atoms with van der Waals surface area (Å²) in [4.78, 5) is 0. The summed E-state index contributed by atoms with van der Waals surface area (Å²) in [5.74, 6) is 3.02. The molecule has 2 unspecified atom stereocenters. The first-order valence-electron chi connectivity index (χ1n) is 6.08. The van der Waals surface area contributed by atoms with Gasteiger partial charge in [0.25, 0.3) is 0 Å². The van der Waals surface area contributed by atoms with Crippen LogP contribution in [0, 0.1) is 17.8 Å². The van der Waals surface area contributed by atoms with E-state index < -0.39 is 0 Å². The second-order valence-corrected chi connectivity index (χ2v) is 5.03. The van der Waals surface area contributed by atoms with Gasteiger partial charge in [-0.05, 0) is 37.3 Å². The lowest BCUT2D eigenvalue weighted by atomic mass is 9.72. The van der Waals surface area contributed by atoms with Crippen molar-refractivity contribution >= 4 is 0 Å². The first-order chi connectivity index (χ1) is 6.38. The molecule has 0 bridgehead atoms. The van der Waals surface area contributed by atoms with E-state index in [1.807, 2.05) is 0 Å². The summed E-state index contributed by atoms with van der Waals surface area (Å²) in [7, 11) is 0. The van der Waals surface area contributed by atoms with E-state index in [0.717, 1.165) is 17.8 Å². The predicted octanol–water partition coefficient (Wildman–Crippen LogP) is 2.81. The van der Waals surface area contributed by atoms with Gasteiger partial charge in [0, 0.05) is 0 Å². The number of nitrogens with one attached hydrogen (secondary N) is 1. The Morgan fingerprint density at radius 2 is 1.77 bits per heavy atom. The molecule has 1 aliphatic carbocycles. The number of piperidine rings is 1. The van der Waals surface area contributed by atoms with Crippen molar-refractivity contribution in [3.63, 3.8) is 0 Å². The van der Waals surface area contributed by atoms with E-state index in [0.29, 0.717) is 0 Å². The van der Waals surface area contributed by atoms with E-state index in [4.69, 9.17) is 0 Å². The third-order valence-electron chi connectivity index (χ3n) is 4.14. The maximum atomic E-state index is 3.56. The molecule has 1 nitrogen and oxygen atoms in total. The molecular weight excluding hydrogens is 158 g/mol. The van der Waals surface area contributed by atoms with Crippen LogP contribution in [0.1, 0.15) is 45.4 Å². The summed E-state index contributed by atoms with van der Waals surface area (Å²) in [5.41, 5.74) is 0. The Morgan fingerprint density at radius 1 is 1.00 bits per heavy atom. The molecule has 0 spiro atoms. The summed E-state index contributed by atoms with van der Waals surface area (Å²) < 4.78 is 0. The van der Waals surface area contributed by atoms with Crippen LogP contribution in [-0.2, 0) is 0 Å². The Balaban J connectivity index is 1.88. The zero-order valence-corrected chi connectivity index (χ0v) is 8.89. The van der Waals surface area contributed by atoms with E-state index >= 15 is 0 Å². The fourth-order valence-electron chi connectivity index (χ4n) is 3.21. The van der Waals surface area contributed by atoms with Crippen LogP contribution in [0.4, 0.5) is 0 Å². The number of rotatable bonds is 1. The number of hydrogen-bond acceptors (Lipinski definition) is 1. The SMILES string of the molecule is CC1CCNCC1C1CCCCC1. The molecule has 1 aliphatic heterocycles. The average Bonchev–Trinajstić information content (AvgIpc) is 2.20. The summed E-state index contributed by atoms with van der Waals surface area (Å²) >= 11 is 0. The Kier molecular flexibility index (Phi) is 3.26. The van der Waals surface area contributed by atoms with Crippen molar-refractivity contribution in [1.82, 2.24) is 5.32 Å². The molecule has 1 heterocycles. The summed E-state index contributed by atoms with van der Waals surface area (Å²) in [5, 5.41) is 3.56. The van der Waals surface area contributed by atoms with Crippen LogP contribution in [0.3, 0.4) is 0 Å². The highest BCUT2D eigenvalue weighted by atomic mass is 14.9. The molecule has 1 saturated heterocycles. The van der Waals surface area contributed by atoms with Gasteiger partial charge in [0.1, 0.15) is 0 Å². The van der Waals surface area contributed by atoms with Gasteiger partial charge in [-0.3, -0.25) is 0 Å². The normalized spacial score (nSPS) is 37.6. The van der Waals surface area contributed by atoms with Gasteiger partial charge >= 0.3 is 0 Å². The van der Waals surface area contributed by atoms with Crippen LogP contribution >= 0.6 is 0 Å². The smallest absolute Gasteiger partial charge is 0.00153 e. The molecule has 2 rings (SSSR count). The van der Waals surface area contributed by atoms with Crippen LogP contribution in [0.25, 0.3) is 0 Å². The first kappa shape index (κ1) is 9.51. The van der Waals surface area contributed by atoms with Crippen molar-refractivity contribution in [2.75, 3.05) is 13.1 Å². The van der Waals surface area contributed by atoms with Crippen LogP contribution in [0.2, 0.25) is 0 Å². The molecule has 76 valence electrons. The maximum Gasteiger partial charge on any atom is -0.00153 e. The van der Waals surface area contributed by atoms with Gasteiger partial charge in [-0.15, -0.1) is 0 Å². The van der Waals surface area contributed by atoms with Gasteiger partial charge in [-0.25, -0.2) is 0 Å². The quantitative estimate of drug-likeness (QED) is 0.656. The van der Waals surface area contributed by atoms with Gasteiger partial charge in [-0.2, -0.15) is 0 Å². The van der Waals surface area contributed by atoms with Crippen molar-refractivity contribution in [3.8, 4) is 0 Å². The summed E-state index contributed by atoms with van der Waals surface area (Å²) in [6.45, 7) is 5.01. The third kappa shape index (κ3) is 2.25. The minimum Gasteiger partial charge on any atom is -0.316 e. The van der Waals surface area contributed by atoms with Crippen LogP contribution in [-0.4, -0.2) is 13.1 Å². The fourth-order valence-corrected chi connectivity index (χ4v) is 3.21.